The quantitative estimate of drug-likeness (QED) is 0.491. The van der Waals surface area contributed by atoms with Crippen molar-refractivity contribution in [3.63, 3.8) is 0 Å². The van der Waals surface area contributed by atoms with Gasteiger partial charge in [-0.1, -0.05) is 20.3 Å². The summed E-state index contributed by atoms with van der Waals surface area (Å²) in [5, 5.41) is 21.4. The van der Waals surface area contributed by atoms with Crippen LogP contribution < -0.4 is 11.1 Å². The van der Waals surface area contributed by atoms with Crippen LogP contribution in [-0.4, -0.2) is 59.7 Å². The van der Waals surface area contributed by atoms with E-state index in [1.807, 2.05) is 18.7 Å². The molecule has 0 saturated carbocycles. The van der Waals surface area contributed by atoms with Crippen molar-refractivity contribution in [1.82, 2.24) is 10.2 Å². The van der Waals surface area contributed by atoms with Crippen molar-refractivity contribution in [3.05, 3.63) is 0 Å². The topological polar surface area (TPSA) is 98.8 Å². The van der Waals surface area contributed by atoms with Crippen molar-refractivity contribution in [2.75, 3.05) is 19.6 Å². The number of amides is 1. The lowest BCUT2D eigenvalue weighted by atomic mass is 9.74. The van der Waals surface area contributed by atoms with E-state index in [2.05, 4.69) is 5.32 Å². The summed E-state index contributed by atoms with van der Waals surface area (Å²) in [6.45, 7) is 6.44. The molecule has 120 valence electrons. The number of likely N-dealkylation sites (tertiary alicyclic amines) is 1. The Morgan fingerprint density at radius 1 is 1.52 bits per heavy atom. The van der Waals surface area contributed by atoms with E-state index in [1.165, 1.54) is 0 Å². The standard InChI is InChI=1S/C14H28BN3O3/c1-10(2)12(16)13(19)18-7-5-14(4-3-6-15(20)21)9-17-8-11(14)18/h10-12,17,20-21H,3-9,16H2,1-2H3/t11-,12-,14+/m0/s1. The van der Waals surface area contributed by atoms with Crippen LogP contribution in [-0.2, 0) is 4.79 Å². The van der Waals surface area contributed by atoms with Gasteiger partial charge in [0.25, 0.3) is 0 Å². The summed E-state index contributed by atoms with van der Waals surface area (Å²) in [7, 11) is -1.23. The van der Waals surface area contributed by atoms with Gasteiger partial charge < -0.3 is 26.0 Å². The lowest BCUT2D eigenvalue weighted by molar-refractivity contribution is -0.134. The number of fused-ring (bicyclic) bond motifs is 1. The third kappa shape index (κ3) is 3.42. The number of carbonyl (C=O) groups is 1. The Morgan fingerprint density at radius 2 is 2.24 bits per heavy atom. The van der Waals surface area contributed by atoms with E-state index >= 15 is 0 Å². The monoisotopic (exact) mass is 297 g/mol. The Labute approximate surface area is 127 Å². The van der Waals surface area contributed by atoms with Crippen LogP contribution >= 0.6 is 0 Å². The zero-order valence-corrected chi connectivity index (χ0v) is 13.1. The van der Waals surface area contributed by atoms with Crippen molar-refractivity contribution in [3.8, 4) is 0 Å². The predicted octanol–water partition coefficient (Wildman–Crippen LogP) is -0.587. The highest BCUT2D eigenvalue weighted by molar-refractivity contribution is 6.40. The number of nitrogens with two attached hydrogens (primary N) is 1. The molecular weight excluding hydrogens is 269 g/mol. The second-order valence-corrected chi connectivity index (χ2v) is 6.93. The van der Waals surface area contributed by atoms with E-state index in [-0.39, 0.29) is 23.3 Å². The maximum atomic E-state index is 12.5. The number of rotatable bonds is 6. The summed E-state index contributed by atoms with van der Waals surface area (Å²) >= 11 is 0. The summed E-state index contributed by atoms with van der Waals surface area (Å²) in [5.41, 5.74) is 6.11. The Morgan fingerprint density at radius 3 is 2.86 bits per heavy atom. The highest BCUT2D eigenvalue weighted by Crippen LogP contribution is 2.44. The number of carbonyl (C=O) groups excluding carboxylic acids is 1. The van der Waals surface area contributed by atoms with E-state index in [4.69, 9.17) is 15.8 Å². The molecular formula is C14H28BN3O3. The number of nitrogens with one attached hydrogen (secondary N) is 1. The van der Waals surface area contributed by atoms with Crippen molar-refractivity contribution >= 4 is 13.0 Å². The van der Waals surface area contributed by atoms with Gasteiger partial charge in [-0.05, 0) is 25.1 Å². The number of hydrogen-bond donors (Lipinski definition) is 4. The molecule has 0 spiro atoms. The molecule has 2 rings (SSSR count). The molecule has 6 nitrogen and oxygen atoms in total. The molecule has 7 heteroatoms. The third-order valence-electron chi connectivity index (χ3n) is 5.17. The molecule has 0 bridgehead atoms. The molecule has 0 aromatic carbocycles. The number of hydrogen-bond acceptors (Lipinski definition) is 5. The van der Waals surface area contributed by atoms with Crippen LogP contribution in [0.3, 0.4) is 0 Å². The van der Waals surface area contributed by atoms with Gasteiger partial charge in [0, 0.05) is 25.0 Å². The second kappa shape index (κ2) is 6.65. The van der Waals surface area contributed by atoms with Crippen molar-refractivity contribution in [1.29, 1.82) is 0 Å². The largest absolute Gasteiger partial charge is 0.451 e. The first kappa shape index (κ1) is 16.7. The fourth-order valence-electron chi connectivity index (χ4n) is 3.74. The van der Waals surface area contributed by atoms with Gasteiger partial charge in [-0.25, -0.2) is 0 Å². The van der Waals surface area contributed by atoms with E-state index in [9.17, 15) is 4.79 Å². The molecule has 21 heavy (non-hydrogen) atoms. The molecule has 0 aliphatic carbocycles. The van der Waals surface area contributed by atoms with Crippen LogP contribution in [0.5, 0.6) is 0 Å². The van der Waals surface area contributed by atoms with Gasteiger partial charge in [0.15, 0.2) is 0 Å². The molecule has 0 radical (unpaired) electrons. The number of nitrogens with zero attached hydrogens (tertiary/aromatic N) is 1. The van der Waals surface area contributed by atoms with Gasteiger partial charge in [-0.2, -0.15) is 0 Å². The summed E-state index contributed by atoms with van der Waals surface area (Å²) in [6, 6.07) is -0.230. The minimum atomic E-state index is -1.23. The first-order valence-electron chi connectivity index (χ1n) is 8.00. The van der Waals surface area contributed by atoms with Gasteiger partial charge in [0.2, 0.25) is 5.91 Å². The fraction of sp³-hybridized carbons (Fsp3) is 0.929. The Hall–Kier alpha value is -0.625. The van der Waals surface area contributed by atoms with Crippen molar-refractivity contribution in [2.24, 2.45) is 17.1 Å². The SMILES string of the molecule is CC(C)[C@H](N)C(=O)N1CC[C@]2(CCCB(O)O)CNC[C@H]12. The zero-order chi connectivity index (χ0) is 15.6. The molecule has 1 amide bonds. The molecule has 5 N–H and O–H groups in total. The van der Waals surface area contributed by atoms with E-state index in [0.29, 0.717) is 6.32 Å². The van der Waals surface area contributed by atoms with Gasteiger partial charge in [-0.15, -0.1) is 0 Å². The Bertz CT molecular complexity index is 380. The normalized spacial score (nSPS) is 29.8. The van der Waals surface area contributed by atoms with Crippen LogP contribution in [0, 0.1) is 11.3 Å². The van der Waals surface area contributed by atoms with Crippen LogP contribution in [0.4, 0.5) is 0 Å². The second-order valence-electron chi connectivity index (χ2n) is 6.93. The van der Waals surface area contributed by atoms with Crippen molar-refractivity contribution in [2.45, 2.75) is 51.5 Å². The van der Waals surface area contributed by atoms with Gasteiger partial charge in [0.05, 0.1) is 12.1 Å². The average molecular weight is 297 g/mol. The van der Waals surface area contributed by atoms with E-state index < -0.39 is 13.2 Å². The van der Waals surface area contributed by atoms with Crippen LogP contribution in [0.25, 0.3) is 0 Å². The first-order chi connectivity index (χ1) is 9.87. The van der Waals surface area contributed by atoms with Crippen LogP contribution in [0.15, 0.2) is 0 Å². The minimum absolute atomic E-state index is 0.0581. The molecule has 2 fully saturated rings. The van der Waals surface area contributed by atoms with E-state index in [0.717, 1.165) is 38.9 Å². The molecule has 0 aromatic heterocycles. The minimum Gasteiger partial charge on any atom is -0.427 e. The molecule has 2 aliphatic rings. The molecule has 3 atom stereocenters. The first-order valence-corrected chi connectivity index (χ1v) is 8.00. The highest BCUT2D eigenvalue weighted by atomic mass is 16.4. The maximum absolute atomic E-state index is 12.5. The Balaban J connectivity index is 2.01. The van der Waals surface area contributed by atoms with Crippen molar-refractivity contribution < 1.29 is 14.8 Å². The smallest absolute Gasteiger partial charge is 0.427 e. The molecule has 0 unspecified atom stereocenters. The fourth-order valence-corrected chi connectivity index (χ4v) is 3.74. The maximum Gasteiger partial charge on any atom is 0.451 e. The Kier molecular flexibility index (Phi) is 5.30. The molecule has 2 aliphatic heterocycles. The summed E-state index contributed by atoms with van der Waals surface area (Å²) < 4.78 is 0. The lowest BCUT2D eigenvalue weighted by Gasteiger charge is -2.33. The highest BCUT2D eigenvalue weighted by Gasteiger charge is 2.51. The van der Waals surface area contributed by atoms with Crippen LogP contribution in [0.1, 0.15) is 33.1 Å². The third-order valence-corrected chi connectivity index (χ3v) is 5.17. The lowest BCUT2D eigenvalue weighted by Crippen LogP contribution is -2.51. The van der Waals surface area contributed by atoms with Gasteiger partial charge in [-0.3, -0.25) is 4.79 Å². The summed E-state index contributed by atoms with van der Waals surface area (Å²) in [5.74, 6) is 0.203. The molecule has 2 heterocycles. The van der Waals surface area contributed by atoms with Crippen LogP contribution in [0.2, 0.25) is 6.32 Å². The summed E-state index contributed by atoms with van der Waals surface area (Å²) in [6.07, 6.45) is 3.06. The predicted molar refractivity (Wildman–Crippen MR) is 82.5 cm³/mol. The van der Waals surface area contributed by atoms with Gasteiger partial charge in [0.1, 0.15) is 0 Å². The van der Waals surface area contributed by atoms with Gasteiger partial charge >= 0.3 is 7.12 Å². The molecule has 0 aromatic rings. The zero-order valence-electron chi connectivity index (χ0n) is 13.1. The summed E-state index contributed by atoms with van der Waals surface area (Å²) in [4.78, 5) is 14.5. The molecule has 2 saturated heterocycles. The average Bonchev–Trinajstić information content (AvgIpc) is 2.94. The van der Waals surface area contributed by atoms with E-state index in [1.54, 1.807) is 0 Å².